The number of benzene rings is 2. The number of nitrogens with zero attached hydrogens (tertiary/aromatic N) is 1. The van der Waals surface area contributed by atoms with Gasteiger partial charge in [-0.05, 0) is 35.4 Å². The average molecular weight is 357 g/mol. The minimum Gasteiger partial charge on any atom is -0.378 e. The first-order valence-electron chi connectivity index (χ1n) is 8.34. The molecule has 1 aliphatic heterocycles. The Morgan fingerprint density at radius 3 is 2.60 bits per heavy atom. The lowest BCUT2D eigenvalue weighted by Crippen LogP contribution is -2.37. The Balaban J connectivity index is 1.59. The second-order valence-corrected chi connectivity index (χ2v) is 6.27. The van der Waals surface area contributed by atoms with Crippen LogP contribution in [0, 0.1) is 0 Å². The Morgan fingerprint density at radius 1 is 1.12 bits per heavy atom. The number of carbonyl (C=O) groups excluding carboxylic acids is 1. The lowest BCUT2D eigenvalue weighted by molar-refractivity contribution is -0.116. The molecule has 0 spiro atoms. The van der Waals surface area contributed by atoms with Gasteiger partial charge in [-0.1, -0.05) is 41.9 Å². The van der Waals surface area contributed by atoms with Crippen molar-refractivity contribution in [2.24, 2.45) is 0 Å². The molecule has 0 unspecified atom stereocenters. The zero-order chi connectivity index (χ0) is 17.5. The molecule has 2 aromatic carbocycles. The summed E-state index contributed by atoms with van der Waals surface area (Å²) in [6.07, 6.45) is 3.32. The van der Waals surface area contributed by atoms with E-state index in [9.17, 15) is 4.79 Å². The van der Waals surface area contributed by atoms with Crippen molar-refractivity contribution in [3.63, 3.8) is 0 Å². The van der Waals surface area contributed by atoms with Gasteiger partial charge in [-0.25, -0.2) is 0 Å². The average Bonchev–Trinajstić information content (AvgIpc) is 2.67. The summed E-state index contributed by atoms with van der Waals surface area (Å²) in [5.41, 5.74) is 3.21. The number of anilines is 1. The molecule has 0 saturated carbocycles. The maximum Gasteiger partial charge on any atom is 0.244 e. The van der Waals surface area contributed by atoms with Gasteiger partial charge in [0.1, 0.15) is 0 Å². The Bertz CT molecular complexity index is 738. The van der Waals surface area contributed by atoms with Gasteiger partial charge in [0.15, 0.2) is 0 Å². The molecule has 25 heavy (non-hydrogen) atoms. The van der Waals surface area contributed by atoms with Gasteiger partial charge in [-0.2, -0.15) is 0 Å². The monoisotopic (exact) mass is 356 g/mol. The van der Waals surface area contributed by atoms with E-state index >= 15 is 0 Å². The van der Waals surface area contributed by atoms with Crippen molar-refractivity contribution in [2.45, 2.75) is 6.54 Å². The molecule has 3 rings (SSSR count). The van der Waals surface area contributed by atoms with Crippen LogP contribution in [-0.4, -0.2) is 32.2 Å². The molecule has 1 amide bonds. The molecule has 1 N–H and O–H groups in total. The van der Waals surface area contributed by atoms with E-state index in [2.05, 4.69) is 16.3 Å². The molecule has 0 aromatic heterocycles. The number of carbonyl (C=O) groups is 1. The summed E-state index contributed by atoms with van der Waals surface area (Å²) in [4.78, 5) is 14.4. The number of morpholine rings is 1. The van der Waals surface area contributed by atoms with Crippen molar-refractivity contribution >= 4 is 29.3 Å². The summed E-state index contributed by atoms with van der Waals surface area (Å²) in [6.45, 7) is 3.73. The number of para-hydroxylation sites is 1. The molecule has 1 saturated heterocycles. The molecule has 0 bridgehead atoms. The number of amides is 1. The van der Waals surface area contributed by atoms with E-state index in [0.717, 1.165) is 43.1 Å². The molecular weight excluding hydrogens is 336 g/mol. The third kappa shape index (κ3) is 5.08. The molecule has 1 heterocycles. The van der Waals surface area contributed by atoms with Gasteiger partial charge in [0.2, 0.25) is 5.91 Å². The number of hydrogen-bond acceptors (Lipinski definition) is 3. The van der Waals surface area contributed by atoms with Crippen LogP contribution < -0.4 is 10.2 Å². The van der Waals surface area contributed by atoms with Crippen molar-refractivity contribution in [3.05, 3.63) is 70.8 Å². The zero-order valence-corrected chi connectivity index (χ0v) is 14.7. The van der Waals surface area contributed by atoms with E-state index in [-0.39, 0.29) is 5.91 Å². The van der Waals surface area contributed by atoms with E-state index in [1.807, 2.05) is 30.3 Å². The van der Waals surface area contributed by atoms with Gasteiger partial charge in [0.25, 0.3) is 0 Å². The van der Waals surface area contributed by atoms with Crippen LogP contribution in [0.4, 0.5) is 5.69 Å². The highest BCUT2D eigenvalue weighted by molar-refractivity contribution is 6.30. The summed E-state index contributed by atoms with van der Waals surface area (Å²) >= 11 is 5.86. The van der Waals surface area contributed by atoms with Crippen LogP contribution in [0.2, 0.25) is 5.02 Å². The fraction of sp³-hybridized carbons (Fsp3) is 0.250. The highest BCUT2D eigenvalue weighted by atomic mass is 35.5. The molecule has 130 valence electrons. The van der Waals surface area contributed by atoms with Gasteiger partial charge in [0, 0.05) is 36.4 Å². The van der Waals surface area contributed by atoms with Gasteiger partial charge < -0.3 is 15.0 Å². The molecular formula is C20H21ClN2O2. The van der Waals surface area contributed by atoms with Crippen LogP contribution in [0.1, 0.15) is 11.1 Å². The summed E-state index contributed by atoms with van der Waals surface area (Å²) in [6, 6.07) is 15.5. The molecule has 4 nitrogen and oxygen atoms in total. The van der Waals surface area contributed by atoms with Crippen LogP contribution in [0.25, 0.3) is 6.08 Å². The van der Waals surface area contributed by atoms with Crippen LogP contribution in [0.15, 0.2) is 54.6 Å². The largest absolute Gasteiger partial charge is 0.378 e. The molecule has 1 fully saturated rings. The molecule has 2 aromatic rings. The quantitative estimate of drug-likeness (QED) is 0.833. The molecule has 0 aliphatic carbocycles. The Labute approximate surface area is 153 Å². The zero-order valence-electron chi connectivity index (χ0n) is 14.0. The topological polar surface area (TPSA) is 41.6 Å². The Kier molecular flexibility index (Phi) is 6.09. The highest BCUT2D eigenvalue weighted by Crippen LogP contribution is 2.21. The van der Waals surface area contributed by atoms with Crippen molar-refractivity contribution in [2.75, 3.05) is 31.2 Å². The predicted molar refractivity (Wildman–Crippen MR) is 102 cm³/mol. The number of hydrogen-bond donors (Lipinski definition) is 1. The standard InChI is InChI=1S/C20H21ClN2O2/c21-18-8-5-16(6-9-18)7-10-20(24)22-15-17-3-1-2-4-19(17)23-11-13-25-14-12-23/h1-10H,11-15H2,(H,22,24)/b10-7-. The third-order valence-electron chi connectivity index (χ3n) is 4.09. The lowest BCUT2D eigenvalue weighted by Gasteiger charge is -2.30. The summed E-state index contributed by atoms with van der Waals surface area (Å²) in [7, 11) is 0. The first-order valence-corrected chi connectivity index (χ1v) is 8.72. The first kappa shape index (κ1) is 17.5. The van der Waals surface area contributed by atoms with Crippen molar-refractivity contribution in [1.29, 1.82) is 0 Å². The number of ether oxygens (including phenoxy) is 1. The summed E-state index contributed by atoms with van der Waals surface area (Å²) in [5, 5.41) is 3.63. The van der Waals surface area contributed by atoms with E-state index in [4.69, 9.17) is 16.3 Å². The van der Waals surface area contributed by atoms with E-state index in [1.54, 1.807) is 24.3 Å². The minimum atomic E-state index is -0.119. The third-order valence-corrected chi connectivity index (χ3v) is 4.35. The molecule has 1 aliphatic rings. The predicted octanol–water partition coefficient (Wildman–Crippen LogP) is 3.51. The second-order valence-electron chi connectivity index (χ2n) is 5.83. The van der Waals surface area contributed by atoms with Crippen LogP contribution in [-0.2, 0) is 16.1 Å². The summed E-state index contributed by atoms with van der Waals surface area (Å²) in [5.74, 6) is -0.119. The molecule has 0 radical (unpaired) electrons. The normalized spacial score (nSPS) is 14.7. The SMILES string of the molecule is O=C(/C=C\c1ccc(Cl)cc1)NCc1ccccc1N1CCOCC1. The summed E-state index contributed by atoms with van der Waals surface area (Å²) < 4.78 is 5.41. The van der Waals surface area contributed by atoms with Gasteiger partial charge in [0.05, 0.1) is 13.2 Å². The van der Waals surface area contributed by atoms with Crippen LogP contribution >= 0.6 is 11.6 Å². The van der Waals surface area contributed by atoms with Crippen molar-refractivity contribution < 1.29 is 9.53 Å². The van der Waals surface area contributed by atoms with Crippen LogP contribution in [0.5, 0.6) is 0 Å². The van der Waals surface area contributed by atoms with Gasteiger partial charge in [-0.3, -0.25) is 4.79 Å². The smallest absolute Gasteiger partial charge is 0.244 e. The number of rotatable bonds is 5. The fourth-order valence-corrected chi connectivity index (χ4v) is 2.89. The van der Waals surface area contributed by atoms with E-state index in [1.165, 1.54) is 0 Å². The maximum atomic E-state index is 12.1. The van der Waals surface area contributed by atoms with Crippen LogP contribution in [0.3, 0.4) is 0 Å². The Hall–Kier alpha value is -2.30. The number of halogens is 1. The van der Waals surface area contributed by atoms with E-state index in [0.29, 0.717) is 11.6 Å². The first-order chi connectivity index (χ1) is 12.2. The maximum absolute atomic E-state index is 12.1. The lowest BCUT2D eigenvalue weighted by atomic mass is 10.1. The number of nitrogens with one attached hydrogen (secondary N) is 1. The molecule has 0 atom stereocenters. The minimum absolute atomic E-state index is 0.119. The molecule has 5 heteroatoms. The van der Waals surface area contributed by atoms with Crippen molar-refractivity contribution in [3.8, 4) is 0 Å². The van der Waals surface area contributed by atoms with Gasteiger partial charge >= 0.3 is 0 Å². The second kappa shape index (κ2) is 8.70. The highest BCUT2D eigenvalue weighted by Gasteiger charge is 2.14. The van der Waals surface area contributed by atoms with Crippen molar-refractivity contribution in [1.82, 2.24) is 5.32 Å². The van der Waals surface area contributed by atoms with Gasteiger partial charge in [-0.15, -0.1) is 0 Å². The van der Waals surface area contributed by atoms with E-state index < -0.39 is 0 Å². The Morgan fingerprint density at radius 2 is 1.84 bits per heavy atom. The fourth-order valence-electron chi connectivity index (χ4n) is 2.76.